The molecule has 5 heteroatoms. The second-order valence-electron chi connectivity index (χ2n) is 4.54. The molecule has 0 aliphatic rings. The van der Waals surface area contributed by atoms with Crippen LogP contribution in [0.15, 0.2) is 30.3 Å². The van der Waals surface area contributed by atoms with Crippen molar-refractivity contribution in [2.75, 3.05) is 5.32 Å². The number of benzene rings is 2. The van der Waals surface area contributed by atoms with Gasteiger partial charge in [-0.3, -0.25) is 4.79 Å². The first-order valence-electron chi connectivity index (χ1n) is 5.95. The van der Waals surface area contributed by atoms with E-state index >= 15 is 0 Å². The van der Waals surface area contributed by atoms with Crippen LogP contribution in [0, 0.1) is 19.7 Å². The van der Waals surface area contributed by atoms with Gasteiger partial charge in [0.1, 0.15) is 11.6 Å². The molecule has 0 atom stereocenters. The molecule has 2 aromatic carbocycles. The van der Waals surface area contributed by atoms with E-state index in [1.807, 2.05) is 0 Å². The molecule has 0 heterocycles. The van der Waals surface area contributed by atoms with E-state index in [1.54, 1.807) is 26.0 Å². The van der Waals surface area contributed by atoms with Gasteiger partial charge in [0.2, 0.25) is 0 Å². The van der Waals surface area contributed by atoms with Gasteiger partial charge in [-0.25, -0.2) is 4.39 Å². The highest BCUT2D eigenvalue weighted by Crippen LogP contribution is 2.25. The Kier molecular flexibility index (Phi) is 3.95. The second kappa shape index (κ2) is 5.51. The Labute approximate surface area is 121 Å². The van der Waals surface area contributed by atoms with Crippen molar-refractivity contribution in [3.63, 3.8) is 0 Å². The molecule has 0 bridgehead atoms. The standard InChI is InChI=1S/C15H13ClFNO2/c1-8-6-14(19)9(2)5-13(8)18-15(20)10-3-4-12(17)11(16)7-10/h3-7,19H,1-2H3,(H,18,20). The van der Waals surface area contributed by atoms with Gasteiger partial charge in [0.25, 0.3) is 5.91 Å². The first-order chi connectivity index (χ1) is 9.38. The van der Waals surface area contributed by atoms with E-state index in [0.717, 1.165) is 11.6 Å². The number of halogens is 2. The molecule has 0 aliphatic heterocycles. The number of anilines is 1. The summed E-state index contributed by atoms with van der Waals surface area (Å²) in [6.07, 6.45) is 0. The Morgan fingerprint density at radius 3 is 2.55 bits per heavy atom. The number of amides is 1. The van der Waals surface area contributed by atoms with Gasteiger partial charge >= 0.3 is 0 Å². The number of nitrogens with one attached hydrogen (secondary N) is 1. The number of phenolic OH excluding ortho intramolecular Hbond substituents is 1. The molecule has 104 valence electrons. The molecule has 1 amide bonds. The highest BCUT2D eigenvalue weighted by Gasteiger charge is 2.11. The third kappa shape index (κ3) is 2.91. The van der Waals surface area contributed by atoms with Gasteiger partial charge in [-0.1, -0.05) is 11.6 Å². The second-order valence-corrected chi connectivity index (χ2v) is 4.94. The number of aryl methyl sites for hydroxylation is 2. The van der Waals surface area contributed by atoms with E-state index in [9.17, 15) is 14.3 Å². The Morgan fingerprint density at radius 1 is 1.20 bits per heavy atom. The molecule has 3 nitrogen and oxygen atoms in total. The van der Waals surface area contributed by atoms with Crippen molar-refractivity contribution < 1.29 is 14.3 Å². The third-order valence-electron chi connectivity index (χ3n) is 2.97. The summed E-state index contributed by atoms with van der Waals surface area (Å²) < 4.78 is 13.1. The topological polar surface area (TPSA) is 49.3 Å². The van der Waals surface area contributed by atoms with Crippen molar-refractivity contribution in [2.24, 2.45) is 0 Å². The monoisotopic (exact) mass is 293 g/mol. The van der Waals surface area contributed by atoms with Crippen molar-refractivity contribution in [2.45, 2.75) is 13.8 Å². The summed E-state index contributed by atoms with van der Waals surface area (Å²) in [7, 11) is 0. The average Bonchev–Trinajstić information content (AvgIpc) is 2.39. The van der Waals surface area contributed by atoms with Crippen molar-refractivity contribution in [1.29, 1.82) is 0 Å². The van der Waals surface area contributed by atoms with Crippen LogP contribution in [0.4, 0.5) is 10.1 Å². The molecule has 0 aliphatic carbocycles. The van der Waals surface area contributed by atoms with Crippen LogP contribution in [0.5, 0.6) is 5.75 Å². The largest absolute Gasteiger partial charge is 0.508 e. The zero-order valence-electron chi connectivity index (χ0n) is 11.0. The quantitative estimate of drug-likeness (QED) is 0.821. The normalized spacial score (nSPS) is 10.4. The first kappa shape index (κ1) is 14.3. The summed E-state index contributed by atoms with van der Waals surface area (Å²) in [6.45, 7) is 3.51. The summed E-state index contributed by atoms with van der Waals surface area (Å²) in [6, 6.07) is 7.02. The minimum absolute atomic E-state index is 0.101. The fourth-order valence-electron chi connectivity index (χ4n) is 1.77. The lowest BCUT2D eigenvalue weighted by atomic mass is 10.1. The third-order valence-corrected chi connectivity index (χ3v) is 3.26. The van der Waals surface area contributed by atoms with Gasteiger partial charge < -0.3 is 10.4 Å². The van der Waals surface area contributed by atoms with E-state index < -0.39 is 5.82 Å². The van der Waals surface area contributed by atoms with Crippen molar-refractivity contribution in [3.8, 4) is 5.75 Å². The first-order valence-corrected chi connectivity index (χ1v) is 6.33. The van der Waals surface area contributed by atoms with E-state index in [-0.39, 0.29) is 22.2 Å². The van der Waals surface area contributed by atoms with Crippen molar-refractivity contribution in [3.05, 3.63) is 57.9 Å². The molecule has 2 rings (SSSR count). The molecular formula is C15H13ClFNO2. The minimum atomic E-state index is -0.570. The molecule has 0 saturated heterocycles. The maximum atomic E-state index is 13.1. The molecule has 2 aromatic rings. The van der Waals surface area contributed by atoms with Crippen LogP contribution < -0.4 is 5.32 Å². The number of rotatable bonds is 2. The van der Waals surface area contributed by atoms with Crippen LogP contribution in [-0.4, -0.2) is 11.0 Å². The highest BCUT2D eigenvalue weighted by atomic mass is 35.5. The smallest absolute Gasteiger partial charge is 0.255 e. The molecule has 0 saturated carbocycles. The van der Waals surface area contributed by atoms with Gasteiger partial charge in [0, 0.05) is 11.3 Å². The Hall–Kier alpha value is -2.07. The fraction of sp³-hybridized carbons (Fsp3) is 0.133. The fourth-order valence-corrected chi connectivity index (χ4v) is 1.95. The van der Waals surface area contributed by atoms with E-state index in [1.165, 1.54) is 12.1 Å². The van der Waals surface area contributed by atoms with E-state index in [4.69, 9.17) is 11.6 Å². The zero-order valence-corrected chi connectivity index (χ0v) is 11.8. The summed E-state index contributed by atoms with van der Waals surface area (Å²) in [5, 5.41) is 12.2. The molecule has 0 aromatic heterocycles. The summed E-state index contributed by atoms with van der Waals surface area (Å²) in [4.78, 5) is 12.1. The molecule has 0 fully saturated rings. The maximum Gasteiger partial charge on any atom is 0.255 e. The predicted octanol–water partition coefficient (Wildman–Crippen LogP) is 4.05. The van der Waals surface area contributed by atoms with Gasteiger partial charge in [-0.2, -0.15) is 0 Å². The average molecular weight is 294 g/mol. The van der Waals surface area contributed by atoms with Crippen LogP contribution in [0.3, 0.4) is 0 Å². The lowest BCUT2D eigenvalue weighted by Crippen LogP contribution is -2.13. The predicted molar refractivity (Wildman–Crippen MR) is 76.9 cm³/mol. The van der Waals surface area contributed by atoms with Gasteiger partial charge in [0.05, 0.1) is 5.02 Å². The summed E-state index contributed by atoms with van der Waals surface area (Å²) in [5.74, 6) is -0.787. The number of carbonyl (C=O) groups is 1. The lowest BCUT2D eigenvalue weighted by Gasteiger charge is -2.11. The Balaban J connectivity index is 2.27. The molecule has 0 unspecified atom stereocenters. The Bertz CT molecular complexity index is 686. The Morgan fingerprint density at radius 2 is 1.90 bits per heavy atom. The minimum Gasteiger partial charge on any atom is -0.508 e. The molecule has 0 spiro atoms. The van der Waals surface area contributed by atoms with Crippen LogP contribution >= 0.6 is 11.6 Å². The zero-order chi connectivity index (χ0) is 14.9. The van der Waals surface area contributed by atoms with Crippen LogP contribution in [0.2, 0.25) is 5.02 Å². The molecule has 20 heavy (non-hydrogen) atoms. The number of phenols is 1. The lowest BCUT2D eigenvalue weighted by molar-refractivity contribution is 0.102. The van der Waals surface area contributed by atoms with Gasteiger partial charge in [-0.15, -0.1) is 0 Å². The number of aromatic hydroxyl groups is 1. The molecule has 2 N–H and O–H groups in total. The highest BCUT2D eigenvalue weighted by molar-refractivity contribution is 6.31. The number of hydrogen-bond acceptors (Lipinski definition) is 2. The van der Waals surface area contributed by atoms with Crippen LogP contribution in [-0.2, 0) is 0 Å². The van der Waals surface area contributed by atoms with Gasteiger partial charge in [-0.05, 0) is 55.3 Å². The van der Waals surface area contributed by atoms with Gasteiger partial charge in [0.15, 0.2) is 0 Å². The molecule has 0 radical (unpaired) electrons. The van der Waals surface area contributed by atoms with E-state index in [2.05, 4.69) is 5.32 Å². The van der Waals surface area contributed by atoms with E-state index in [0.29, 0.717) is 11.3 Å². The van der Waals surface area contributed by atoms with Crippen molar-refractivity contribution >= 4 is 23.2 Å². The van der Waals surface area contributed by atoms with Crippen LogP contribution in [0.25, 0.3) is 0 Å². The SMILES string of the molecule is Cc1cc(NC(=O)c2ccc(F)c(Cl)c2)c(C)cc1O. The molecular weight excluding hydrogens is 281 g/mol. The maximum absolute atomic E-state index is 13.1. The van der Waals surface area contributed by atoms with Crippen LogP contribution in [0.1, 0.15) is 21.5 Å². The summed E-state index contributed by atoms with van der Waals surface area (Å²) in [5.41, 5.74) is 2.24. The number of hydrogen-bond donors (Lipinski definition) is 2. The number of carbonyl (C=O) groups excluding carboxylic acids is 1. The summed E-state index contributed by atoms with van der Waals surface area (Å²) >= 11 is 5.65. The van der Waals surface area contributed by atoms with Crippen molar-refractivity contribution in [1.82, 2.24) is 0 Å².